The standard InChI is InChI=1S/C25H24N2O5/c1-2-31-25(30)21(24(28)29)15-17-7-9-18(10-8-17)32-14-13-27-22-6-4-3-5-19(22)20-11-12-26-16-23(20)27/h3-12,16,21H,2,13-15H2,1H3,(H,28,29). The molecule has 4 rings (SSSR count). The molecule has 1 N–H and O–H groups in total. The normalized spacial score (nSPS) is 12.0. The maximum atomic E-state index is 11.9. The molecule has 7 nitrogen and oxygen atoms in total. The van der Waals surface area contributed by atoms with E-state index in [0.717, 1.165) is 22.0 Å². The van der Waals surface area contributed by atoms with Crippen molar-refractivity contribution in [1.82, 2.24) is 9.55 Å². The van der Waals surface area contributed by atoms with E-state index in [2.05, 4.69) is 21.7 Å². The first-order valence-corrected chi connectivity index (χ1v) is 10.5. The minimum Gasteiger partial charge on any atom is -0.492 e. The summed E-state index contributed by atoms with van der Waals surface area (Å²) >= 11 is 0. The van der Waals surface area contributed by atoms with Crippen molar-refractivity contribution in [2.24, 2.45) is 5.92 Å². The zero-order valence-electron chi connectivity index (χ0n) is 17.7. The third kappa shape index (κ3) is 4.42. The molecule has 0 aliphatic carbocycles. The van der Waals surface area contributed by atoms with Crippen molar-refractivity contribution in [3.05, 3.63) is 72.6 Å². The molecule has 2 heterocycles. The van der Waals surface area contributed by atoms with Crippen LogP contribution in [-0.2, 0) is 27.3 Å². The Morgan fingerprint density at radius 1 is 1.03 bits per heavy atom. The predicted molar refractivity (Wildman–Crippen MR) is 121 cm³/mol. The zero-order chi connectivity index (χ0) is 22.5. The Kier molecular flexibility index (Phi) is 6.35. The minimum absolute atomic E-state index is 0.0722. The van der Waals surface area contributed by atoms with Gasteiger partial charge in [0.25, 0.3) is 0 Å². The predicted octanol–water partition coefficient (Wildman–Crippen LogP) is 4.07. The van der Waals surface area contributed by atoms with Crippen LogP contribution in [0.5, 0.6) is 5.75 Å². The van der Waals surface area contributed by atoms with Crippen LogP contribution in [0, 0.1) is 5.92 Å². The topological polar surface area (TPSA) is 90.7 Å². The lowest BCUT2D eigenvalue weighted by molar-refractivity contribution is -0.158. The van der Waals surface area contributed by atoms with Gasteiger partial charge in [0.1, 0.15) is 12.4 Å². The number of carboxylic acids is 1. The quantitative estimate of drug-likeness (QED) is 0.317. The van der Waals surface area contributed by atoms with Crippen LogP contribution >= 0.6 is 0 Å². The SMILES string of the molecule is CCOC(=O)C(Cc1ccc(OCCn2c3ccccc3c3ccncc32)cc1)C(=O)O. The van der Waals surface area contributed by atoms with Crippen LogP contribution in [-0.4, -0.2) is 39.8 Å². The molecule has 0 bridgehead atoms. The van der Waals surface area contributed by atoms with Crippen molar-refractivity contribution >= 4 is 33.7 Å². The molecule has 4 aromatic rings. The van der Waals surface area contributed by atoms with Crippen LogP contribution in [0.1, 0.15) is 12.5 Å². The van der Waals surface area contributed by atoms with Gasteiger partial charge >= 0.3 is 11.9 Å². The molecule has 32 heavy (non-hydrogen) atoms. The zero-order valence-corrected chi connectivity index (χ0v) is 17.7. The Morgan fingerprint density at radius 2 is 1.78 bits per heavy atom. The summed E-state index contributed by atoms with van der Waals surface area (Å²) in [5.41, 5.74) is 2.92. The van der Waals surface area contributed by atoms with E-state index in [9.17, 15) is 14.7 Å². The fourth-order valence-corrected chi connectivity index (χ4v) is 3.86. The number of para-hydroxylation sites is 1. The summed E-state index contributed by atoms with van der Waals surface area (Å²) in [7, 11) is 0. The van der Waals surface area contributed by atoms with Crippen molar-refractivity contribution < 1.29 is 24.2 Å². The summed E-state index contributed by atoms with van der Waals surface area (Å²) < 4.78 is 13.0. The van der Waals surface area contributed by atoms with E-state index in [1.54, 1.807) is 37.4 Å². The molecule has 164 valence electrons. The number of nitrogens with zero attached hydrogens (tertiary/aromatic N) is 2. The number of aromatic nitrogens is 2. The number of benzene rings is 2. The number of hydrogen-bond acceptors (Lipinski definition) is 5. The molecule has 0 saturated heterocycles. The average Bonchev–Trinajstić information content (AvgIpc) is 3.12. The molecule has 0 aliphatic rings. The number of fused-ring (bicyclic) bond motifs is 3. The molecule has 2 aromatic heterocycles. The van der Waals surface area contributed by atoms with Crippen LogP contribution < -0.4 is 4.74 Å². The average molecular weight is 432 g/mol. The van der Waals surface area contributed by atoms with Gasteiger partial charge in [-0.25, -0.2) is 0 Å². The highest BCUT2D eigenvalue weighted by atomic mass is 16.5. The molecule has 7 heteroatoms. The second-order valence-corrected chi connectivity index (χ2v) is 7.40. The Hall–Kier alpha value is -3.87. The number of pyridine rings is 1. The van der Waals surface area contributed by atoms with E-state index >= 15 is 0 Å². The molecule has 0 amide bonds. The van der Waals surface area contributed by atoms with Crippen LogP contribution in [0.15, 0.2) is 67.0 Å². The molecular weight excluding hydrogens is 408 g/mol. The number of esters is 1. The van der Waals surface area contributed by atoms with Crippen molar-refractivity contribution in [3.8, 4) is 5.75 Å². The van der Waals surface area contributed by atoms with E-state index in [1.165, 1.54) is 5.39 Å². The number of carboxylic acid groups (broad SMARTS) is 1. The molecule has 1 atom stereocenters. The second-order valence-electron chi connectivity index (χ2n) is 7.40. The summed E-state index contributed by atoms with van der Waals surface area (Å²) in [6.07, 6.45) is 3.74. The number of carbonyl (C=O) groups excluding carboxylic acids is 1. The number of ether oxygens (including phenoxy) is 2. The highest BCUT2D eigenvalue weighted by Gasteiger charge is 2.27. The highest BCUT2D eigenvalue weighted by molar-refractivity contribution is 6.07. The Balaban J connectivity index is 1.42. The van der Waals surface area contributed by atoms with Gasteiger partial charge < -0.3 is 19.1 Å². The van der Waals surface area contributed by atoms with E-state index in [0.29, 0.717) is 18.9 Å². The van der Waals surface area contributed by atoms with Gasteiger partial charge in [-0.15, -0.1) is 0 Å². The van der Waals surface area contributed by atoms with Gasteiger partial charge in [0.2, 0.25) is 0 Å². The van der Waals surface area contributed by atoms with Crippen LogP contribution in [0.2, 0.25) is 0 Å². The van der Waals surface area contributed by atoms with Gasteiger partial charge in [0.15, 0.2) is 5.92 Å². The summed E-state index contributed by atoms with van der Waals surface area (Å²) in [5.74, 6) is -2.45. The van der Waals surface area contributed by atoms with Gasteiger partial charge in [-0.05, 0) is 43.2 Å². The number of carbonyl (C=O) groups is 2. The lowest BCUT2D eigenvalue weighted by Gasteiger charge is -2.12. The van der Waals surface area contributed by atoms with E-state index < -0.39 is 17.9 Å². The molecule has 0 fully saturated rings. The first kappa shape index (κ1) is 21.4. The summed E-state index contributed by atoms with van der Waals surface area (Å²) in [5, 5.41) is 11.7. The van der Waals surface area contributed by atoms with E-state index in [-0.39, 0.29) is 13.0 Å². The molecule has 0 saturated carbocycles. The summed E-state index contributed by atoms with van der Waals surface area (Å²) in [6, 6.07) is 17.4. The lowest BCUT2D eigenvalue weighted by atomic mass is 9.99. The maximum Gasteiger partial charge on any atom is 0.320 e. The monoisotopic (exact) mass is 432 g/mol. The van der Waals surface area contributed by atoms with Crippen LogP contribution in [0.25, 0.3) is 21.8 Å². The third-order valence-corrected chi connectivity index (χ3v) is 5.39. The van der Waals surface area contributed by atoms with Crippen LogP contribution in [0.3, 0.4) is 0 Å². The molecular formula is C25H24N2O5. The first-order chi connectivity index (χ1) is 15.6. The van der Waals surface area contributed by atoms with Crippen molar-refractivity contribution in [2.45, 2.75) is 19.9 Å². The van der Waals surface area contributed by atoms with Crippen molar-refractivity contribution in [3.63, 3.8) is 0 Å². The molecule has 0 aliphatic heterocycles. The van der Waals surface area contributed by atoms with Crippen molar-refractivity contribution in [1.29, 1.82) is 0 Å². The maximum absolute atomic E-state index is 11.9. The largest absolute Gasteiger partial charge is 0.492 e. The van der Waals surface area contributed by atoms with Gasteiger partial charge in [0, 0.05) is 22.5 Å². The van der Waals surface area contributed by atoms with Crippen LogP contribution in [0.4, 0.5) is 0 Å². The molecule has 2 aromatic carbocycles. The molecule has 1 unspecified atom stereocenters. The fourth-order valence-electron chi connectivity index (χ4n) is 3.86. The lowest BCUT2D eigenvalue weighted by Crippen LogP contribution is -2.27. The smallest absolute Gasteiger partial charge is 0.320 e. The summed E-state index contributed by atoms with van der Waals surface area (Å²) in [6.45, 7) is 2.92. The molecule has 0 spiro atoms. The van der Waals surface area contributed by atoms with Gasteiger partial charge in [0.05, 0.1) is 24.9 Å². The molecule has 0 radical (unpaired) electrons. The van der Waals surface area contributed by atoms with E-state index in [4.69, 9.17) is 9.47 Å². The van der Waals surface area contributed by atoms with E-state index in [1.807, 2.05) is 24.4 Å². The van der Waals surface area contributed by atoms with Crippen molar-refractivity contribution in [2.75, 3.05) is 13.2 Å². The van der Waals surface area contributed by atoms with Gasteiger partial charge in [-0.3, -0.25) is 14.6 Å². The number of aliphatic carboxylic acids is 1. The summed E-state index contributed by atoms with van der Waals surface area (Å²) in [4.78, 5) is 27.5. The van der Waals surface area contributed by atoms with Gasteiger partial charge in [-0.2, -0.15) is 0 Å². The Labute approximate surface area is 185 Å². The highest BCUT2D eigenvalue weighted by Crippen LogP contribution is 2.28. The Morgan fingerprint density at radius 3 is 2.53 bits per heavy atom. The Bertz CT molecular complexity index is 1190. The second kappa shape index (κ2) is 9.51. The third-order valence-electron chi connectivity index (χ3n) is 5.39. The number of hydrogen-bond donors (Lipinski definition) is 1. The first-order valence-electron chi connectivity index (χ1n) is 10.5. The number of rotatable bonds is 9. The minimum atomic E-state index is -1.22. The van der Waals surface area contributed by atoms with Gasteiger partial charge in [-0.1, -0.05) is 30.3 Å². The fraction of sp³-hybridized carbons (Fsp3) is 0.240.